The number of aromatic nitrogens is 1. The summed E-state index contributed by atoms with van der Waals surface area (Å²) in [6.45, 7) is 6.10. The molecule has 24 heavy (non-hydrogen) atoms. The number of hydrogen-bond acceptors (Lipinski definition) is 6. The second kappa shape index (κ2) is 8.12. The SMILES string of the molecule is CCCNC(=O)c1csc(Nc2ccc(N3CCOCC3)cc2)n1. The van der Waals surface area contributed by atoms with E-state index in [2.05, 4.69) is 32.7 Å². The predicted octanol–water partition coefficient (Wildman–Crippen LogP) is 2.86. The maximum absolute atomic E-state index is 11.9. The van der Waals surface area contributed by atoms with Crippen LogP contribution in [0.3, 0.4) is 0 Å². The van der Waals surface area contributed by atoms with Gasteiger partial charge < -0.3 is 20.3 Å². The highest BCUT2D eigenvalue weighted by molar-refractivity contribution is 7.14. The molecule has 1 aliphatic heterocycles. The largest absolute Gasteiger partial charge is 0.378 e. The van der Waals surface area contributed by atoms with Crippen molar-refractivity contribution in [1.29, 1.82) is 0 Å². The molecule has 0 bridgehead atoms. The van der Waals surface area contributed by atoms with Crippen LogP contribution in [0.4, 0.5) is 16.5 Å². The third-order valence-electron chi connectivity index (χ3n) is 3.77. The summed E-state index contributed by atoms with van der Waals surface area (Å²) in [5.74, 6) is -0.121. The Kier molecular flexibility index (Phi) is 5.66. The summed E-state index contributed by atoms with van der Waals surface area (Å²) in [5, 5.41) is 8.57. The third kappa shape index (κ3) is 4.24. The Morgan fingerprint density at radius 3 is 2.75 bits per heavy atom. The average Bonchev–Trinajstić information content (AvgIpc) is 3.10. The van der Waals surface area contributed by atoms with Crippen LogP contribution < -0.4 is 15.5 Å². The minimum Gasteiger partial charge on any atom is -0.378 e. The molecule has 3 rings (SSSR count). The minimum absolute atomic E-state index is 0.121. The standard InChI is InChI=1S/C17H22N4O2S/c1-2-7-18-16(22)15-12-24-17(20-15)19-13-3-5-14(6-4-13)21-8-10-23-11-9-21/h3-6,12H,2,7-11H2,1H3,(H,18,22)(H,19,20). The van der Waals surface area contributed by atoms with Crippen LogP contribution in [0.1, 0.15) is 23.8 Å². The fourth-order valence-corrected chi connectivity index (χ4v) is 3.18. The molecule has 0 spiro atoms. The Labute approximate surface area is 145 Å². The van der Waals surface area contributed by atoms with Crippen molar-refractivity contribution < 1.29 is 9.53 Å². The first kappa shape index (κ1) is 16.7. The van der Waals surface area contributed by atoms with Crippen LogP contribution in [0.15, 0.2) is 29.6 Å². The number of anilines is 3. The first-order chi connectivity index (χ1) is 11.8. The Balaban J connectivity index is 1.59. The van der Waals surface area contributed by atoms with Crippen LogP contribution in [0, 0.1) is 0 Å². The van der Waals surface area contributed by atoms with E-state index >= 15 is 0 Å². The van der Waals surface area contributed by atoms with Gasteiger partial charge in [-0.15, -0.1) is 11.3 Å². The Hall–Kier alpha value is -2.12. The second-order valence-corrected chi connectivity index (χ2v) is 6.42. The number of amides is 1. The van der Waals surface area contributed by atoms with Gasteiger partial charge in [-0.2, -0.15) is 0 Å². The lowest BCUT2D eigenvalue weighted by Crippen LogP contribution is -2.36. The van der Waals surface area contributed by atoms with Gasteiger partial charge in [0.15, 0.2) is 5.13 Å². The van der Waals surface area contributed by atoms with Crippen LogP contribution in [0.2, 0.25) is 0 Å². The number of carbonyl (C=O) groups excluding carboxylic acids is 1. The zero-order valence-corrected chi connectivity index (χ0v) is 14.6. The number of ether oxygens (including phenoxy) is 1. The van der Waals surface area contributed by atoms with Crippen molar-refractivity contribution in [3.8, 4) is 0 Å². The Bertz CT molecular complexity index is 665. The molecule has 1 aromatic carbocycles. The first-order valence-electron chi connectivity index (χ1n) is 8.20. The van der Waals surface area contributed by atoms with Crippen LogP contribution in [-0.2, 0) is 4.74 Å². The molecular weight excluding hydrogens is 324 g/mol. The summed E-state index contributed by atoms with van der Waals surface area (Å²) in [6.07, 6.45) is 0.913. The van der Waals surface area contributed by atoms with Gasteiger partial charge in [-0.1, -0.05) is 6.92 Å². The van der Waals surface area contributed by atoms with E-state index < -0.39 is 0 Å². The van der Waals surface area contributed by atoms with Crippen LogP contribution in [0.25, 0.3) is 0 Å². The van der Waals surface area contributed by atoms with Gasteiger partial charge in [0.05, 0.1) is 13.2 Å². The fraction of sp³-hybridized carbons (Fsp3) is 0.412. The fourth-order valence-electron chi connectivity index (χ4n) is 2.47. The van der Waals surface area contributed by atoms with Gasteiger partial charge in [0.1, 0.15) is 5.69 Å². The summed E-state index contributed by atoms with van der Waals surface area (Å²) in [7, 11) is 0. The highest BCUT2D eigenvalue weighted by Gasteiger charge is 2.12. The van der Waals surface area contributed by atoms with E-state index in [1.807, 2.05) is 19.1 Å². The molecule has 1 fully saturated rings. The number of morpholine rings is 1. The topological polar surface area (TPSA) is 66.5 Å². The number of nitrogens with zero attached hydrogens (tertiary/aromatic N) is 2. The molecule has 0 saturated carbocycles. The van der Waals surface area contributed by atoms with Gasteiger partial charge in [-0.25, -0.2) is 4.98 Å². The maximum atomic E-state index is 11.9. The maximum Gasteiger partial charge on any atom is 0.270 e. The molecule has 6 nitrogen and oxygen atoms in total. The van der Waals surface area contributed by atoms with Gasteiger partial charge in [-0.3, -0.25) is 4.79 Å². The highest BCUT2D eigenvalue weighted by atomic mass is 32.1. The zero-order chi connectivity index (χ0) is 16.8. The molecule has 0 atom stereocenters. The molecule has 2 N–H and O–H groups in total. The van der Waals surface area contributed by atoms with Gasteiger partial charge in [0.2, 0.25) is 0 Å². The number of rotatable bonds is 6. The summed E-state index contributed by atoms with van der Waals surface area (Å²) in [5.41, 5.74) is 2.62. The molecule has 0 unspecified atom stereocenters. The molecule has 0 radical (unpaired) electrons. The van der Waals surface area contributed by atoms with E-state index in [4.69, 9.17) is 4.74 Å². The number of thiazole rings is 1. The van der Waals surface area contributed by atoms with E-state index in [1.54, 1.807) is 5.38 Å². The van der Waals surface area contributed by atoms with E-state index in [9.17, 15) is 4.79 Å². The Morgan fingerprint density at radius 2 is 2.04 bits per heavy atom. The lowest BCUT2D eigenvalue weighted by atomic mass is 10.2. The third-order valence-corrected chi connectivity index (χ3v) is 4.52. The summed E-state index contributed by atoms with van der Waals surface area (Å²) in [6, 6.07) is 8.25. The van der Waals surface area contributed by atoms with Crippen LogP contribution in [0.5, 0.6) is 0 Å². The van der Waals surface area contributed by atoms with E-state index in [1.165, 1.54) is 17.0 Å². The zero-order valence-electron chi connectivity index (χ0n) is 13.7. The molecule has 1 saturated heterocycles. The van der Waals surface area contributed by atoms with Gasteiger partial charge in [0, 0.05) is 36.4 Å². The molecule has 1 aliphatic rings. The van der Waals surface area contributed by atoms with Crippen molar-refractivity contribution in [1.82, 2.24) is 10.3 Å². The molecule has 128 valence electrons. The second-order valence-electron chi connectivity index (χ2n) is 5.57. The van der Waals surface area contributed by atoms with Crippen molar-refractivity contribution in [2.75, 3.05) is 43.1 Å². The summed E-state index contributed by atoms with van der Waals surface area (Å²) in [4.78, 5) is 18.5. The molecule has 2 aromatic rings. The minimum atomic E-state index is -0.121. The highest BCUT2D eigenvalue weighted by Crippen LogP contribution is 2.24. The van der Waals surface area contributed by atoms with Crippen molar-refractivity contribution in [2.24, 2.45) is 0 Å². The molecular formula is C17H22N4O2S. The number of carbonyl (C=O) groups is 1. The molecule has 2 heterocycles. The quantitative estimate of drug-likeness (QED) is 0.842. The van der Waals surface area contributed by atoms with Gasteiger partial charge in [-0.05, 0) is 30.7 Å². The van der Waals surface area contributed by atoms with Gasteiger partial charge in [0.25, 0.3) is 5.91 Å². The van der Waals surface area contributed by atoms with Crippen molar-refractivity contribution in [3.05, 3.63) is 35.3 Å². The van der Waals surface area contributed by atoms with Crippen LogP contribution in [-0.4, -0.2) is 43.7 Å². The van der Waals surface area contributed by atoms with Crippen molar-refractivity contribution in [3.63, 3.8) is 0 Å². The van der Waals surface area contributed by atoms with Crippen LogP contribution >= 0.6 is 11.3 Å². The monoisotopic (exact) mass is 346 g/mol. The number of nitrogens with one attached hydrogen (secondary N) is 2. The first-order valence-corrected chi connectivity index (χ1v) is 9.07. The van der Waals surface area contributed by atoms with Crippen molar-refractivity contribution in [2.45, 2.75) is 13.3 Å². The number of hydrogen-bond donors (Lipinski definition) is 2. The lowest BCUT2D eigenvalue weighted by Gasteiger charge is -2.28. The number of benzene rings is 1. The normalized spacial score (nSPS) is 14.5. The lowest BCUT2D eigenvalue weighted by molar-refractivity contribution is 0.0949. The van der Waals surface area contributed by atoms with E-state index in [-0.39, 0.29) is 5.91 Å². The smallest absolute Gasteiger partial charge is 0.270 e. The van der Waals surface area contributed by atoms with E-state index in [0.29, 0.717) is 12.2 Å². The van der Waals surface area contributed by atoms with Gasteiger partial charge >= 0.3 is 0 Å². The Morgan fingerprint density at radius 1 is 1.29 bits per heavy atom. The average molecular weight is 346 g/mol. The van der Waals surface area contributed by atoms with E-state index in [0.717, 1.165) is 43.5 Å². The molecule has 1 amide bonds. The summed E-state index contributed by atoms with van der Waals surface area (Å²) < 4.78 is 5.38. The molecule has 1 aromatic heterocycles. The predicted molar refractivity (Wildman–Crippen MR) is 97.5 cm³/mol. The van der Waals surface area contributed by atoms with Crippen molar-refractivity contribution >= 4 is 33.8 Å². The summed E-state index contributed by atoms with van der Waals surface area (Å²) >= 11 is 1.43. The molecule has 7 heteroatoms. The molecule has 0 aliphatic carbocycles.